The fourth-order valence-electron chi connectivity index (χ4n) is 1.90. The van der Waals surface area contributed by atoms with Gasteiger partial charge in [-0.05, 0) is 17.5 Å². The van der Waals surface area contributed by atoms with Crippen molar-refractivity contribution < 1.29 is 4.79 Å². The lowest BCUT2D eigenvalue weighted by molar-refractivity contribution is 0.102. The van der Waals surface area contributed by atoms with Gasteiger partial charge in [0.15, 0.2) is 5.43 Å². The minimum Gasteiger partial charge on any atom is -0.367 e. The first-order chi connectivity index (χ1) is 9.09. The Bertz CT molecular complexity index is 644. The second-order valence-corrected chi connectivity index (χ2v) is 4.62. The van der Waals surface area contributed by atoms with Crippen LogP contribution in [0, 0.1) is 0 Å². The number of hydrogen-bond acceptors (Lipinski definition) is 2. The minimum absolute atomic E-state index is 0.112. The number of aromatic nitrogens is 1. The molecule has 0 bridgehead atoms. The number of aromatic amines is 1. The van der Waals surface area contributed by atoms with E-state index in [0.717, 1.165) is 11.3 Å². The van der Waals surface area contributed by atoms with Gasteiger partial charge in [0, 0.05) is 24.1 Å². The average Bonchev–Trinajstić information content (AvgIpc) is 2.39. The third kappa shape index (κ3) is 2.91. The first-order valence-electron chi connectivity index (χ1n) is 6.17. The molecule has 0 aliphatic heterocycles. The van der Waals surface area contributed by atoms with Crippen molar-refractivity contribution in [3.05, 3.63) is 64.1 Å². The van der Waals surface area contributed by atoms with Gasteiger partial charge in [-0.15, -0.1) is 0 Å². The van der Waals surface area contributed by atoms with Crippen LogP contribution in [0.15, 0.2) is 47.5 Å². The zero-order valence-electron chi connectivity index (χ0n) is 10.9. The van der Waals surface area contributed by atoms with Crippen LogP contribution in [0.3, 0.4) is 0 Å². The van der Waals surface area contributed by atoms with Gasteiger partial charge >= 0.3 is 0 Å². The fourth-order valence-corrected chi connectivity index (χ4v) is 1.90. The van der Waals surface area contributed by atoms with Crippen LogP contribution < -0.4 is 10.7 Å². The molecule has 19 heavy (non-hydrogen) atoms. The Labute approximate surface area is 111 Å². The van der Waals surface area contributed by atoms with E-state index in [9.17, 15) is 9.59 Å². The Hall–Kier alpha value is -2.36. The molecule has 4 heteroatoms. The number of H-pyrrole nitrogens is 1. The van der Waals surface area contributed by atoms with E-state index in [0.29, 0.717) is 5.92 Å². The van der Waals surface area contributed by atoms with Crippen LogP contribution >= 0.6 is 0 Å². The van der Waals surface area contributed by atoms with E-state index in [1.807, 2.05) is 24.3 Å². The highest BCUT2D eigenvalue weighted by molar-refractivity contribution is 6.04. The van der Waals surface area contributed by atoms with Crippen molar-refractivity contribution in [1.82, 2.24) is 4.98 Å². The molecule has 0 fully saturated rings. The number of hydrogen-bond donors (Lipinski definition) is 2. The third-order valence-corrected chi connectivity index (χ3v) is 2.90. The zero-order chi connectivity index (χ0) is 13.8. The van der Waals surface area contributed by atoms with E-state index in [1.165, 1.54) is 18.5 Å². The molecule has 1 heterocycles. The summed E-state index contributed by atoms with van der Waals surface area (Å²) in [7, 11) is 0. The Kier molecular flexibility index (Phi) is 3.80. The second-order valence-electron chi connectivity index (χ2n) is 4.62. The number of carbonyl (C=O) groups is 1. The SMILES string of the molecule is CC(C)c1ccccc1NC(=O)c1c[nH]ccc1=O. The van der Waals surface area contributed by atoms with Gasteiger partial charge < -0.3 is 10.3 Å². The molecule has 0 unspecified atom stereocenters. The lowest BCUT2D eigenvalue weighted by atomic mass is 10.0. The lowest BCUT2D eigenvalue weighted by Gasteiger charge is -2.13. The van der Waals surface area contributed by atoms with Crippen molar-refractivity contribution in [2.75, 3.05) is 5.32 Å². The van der Waals surface area contributed by atoms with Crippen molar-refractivity contribution in [3.63, 3.8) is 0 Å². The maximum Gasteiger partial charge on any atom is 0.261 e. The quantitative estimate of drug-likeness (QED) is 0.887. The predicted molar refractivity (Wildman–Crippen MR) is 75.5 cm³/mol. The molecular weight excluding hydrogens is 240 g/mol. The molecule has 2 N–H and O–H groups in total. The first kappa shape index (κ1) is 13.1. The van der Waals surface area contributed by atoms with Crippen LogP contribution in [-0.4, -0.2) is 10.9 Å². The predicted octanol–water partition coefficient (Wildman–Crippen LogP) is 2.75. The summed E-state index contributed by atoms with van der Waals surface area (Å²) in [6, 6.07) is 8.93. The Morgan fingerprint density at radius 3 is 2.63 bits per heavy atom. The monoisotopic (exact) mass is 256 g/mol. The fraction of sp³-hybridized carbons (Fsp3) is 0.200. The van der Waals surface area contributed by atoms with Gasteiger partial charge in [-0.3, -0.25) is 9.59 Å². The summed E-state index contributed by atoms with van der Waals surface area (Å²) in [4.78, 5) is 26.4. The number of benzene rings is 1. The average molecular weight is 256 g/mol. The molecular formula is C15H16N2O2. The summed E-state index contributed by atoms with van der Waals surface area (Å²) in [5.41, 5.74) is 1.60. The number of rotatable bonds is 3. The van der Waals surface area contributed by atoms with E-state index in [2.05, 4.69) is 24.1 Å². The molecule has 0 spiro atoms. The summed E-state index contributed by atoms with van der Waals surface area (Å²) < 4.78 is 0. The number of amides is 1. The smallest absolute Gasteiger partial charge is 0.261 e. The molecule has 0 radical (unpaired) electrons. The molecule has 1 aromatic heterocycles. The summed E-state index contributed by atoms with van der Waals surface area (Å²) in [6.45, 7) is 4.11. The number of anilines is 1. The molecule has 2 aromatic rings. The van der Waals surface area contributed by atoms with Crippen molar-refractivity contribution in [2.45, 2.75) is 19.8 Å². The highest BCUT2D eigenvalue weighted by atomic mass is 16.2. The molecule has 0 atom stereocenters. The summed E-state index contributed by atoms with van der Waals surface area (Å²) in [6.07, 6.45) is 2.91. The van der Waals surface area contributed by atoms with Gasteiger partial charge in [0.1, 0.15) is 5.56 Å². The van der Waals surface area contributed by atoms with E-state index in [4.69, 9.17) is 0 Å². The minimum atomic E-state index is -0.394. The lowest BCUT2D eigenvalue weighted by Crippen LogP contribution is -2.21. The van der Waals surface area contributed by atoms with Gasteiger partial charge in [-0.25, -0.2) is 0 Å². The first-order valence-corrected chi connectivity index (χ1v) is 6.17. The van der Waals surface area contributed by atoms with Crippen LogP contribution in [0.5, 0.6) is 0 Å². The number of carbonyl (C=O) groups excluding carboxylic acids is 1. The number of para-hydroxylation sites is 1. The molecule has 1 aromatic carbocycles. The summed E-state index contributed by atoms with van der Waals surface area (Å²) >= 11 is 0. The van der Waals surface area contributed by atoms with E-state index >= 15 is 0 Å². The molecule has 98 valence electrons. The molecule has 1 amide bonds. The molecule has 2 rings (SSSR count). The van der Waals surface area contributed by atoms with Crippen LogP contribution in [0.2, 0.25) is 0 Å². The maximum absolute atomic E-state index is 12.1. The van der Waals surface area contributed by atoms with Gasteiger partial charge in [-0.2, -0.15) is 0 Å². The van der Waals surface area contributed by atoms with Crippen LogP contribution in [0.1, 0.15) is 35.7 Å². The van der Waals surface area contributed by atoms with Crippen molar-refractivity contribution in [3.8, 4) is 0 Å². The van der Waals surface area contributed by atoms with Crippen LogP contribution in [0.4, 0.5) is 5.69 Å². The largest absolute Gasteiger partial charge is 0.367 e. The molecule has 0 aliphatic rings. The summed E-state index contributed by atoms with van der Waals surface area (Å²) in [5.74, 6) is -0.0968. The van der Waals surface area contributed by atoms with Gasteiger partial charge in [0.25, 0.3) is 5.91 Å². The zero-order valence-corrected chi connectivity index (χ0v) is 10.9. The van der Waals surface area contributed by atoms with E-state index in [-0.39, 0.29) is 11.0 Å². The third-order valence-electron chi connectivity index (χ3n) is 2.90. The Balaban J connectivity index is 2.30. The van der Waals surface area contributed by atoms with Crippen molar-refractivity contribution in [2.24, 2.45) is 0 Å². The topological polar surface area (TPSA) is 62.0 Å². The summed E-state index contributed by atoms with van der Waals surface area (Å²) in [5, 5.41) is 2.79. The Morgan fingerprint density at radius 2 is 1.95 bits per heavy atom. The van der Waals surface area contributed by atoms with Crippen LogP contribution in [-0.2, 0) is 0 Å². The van der Waals surface area contributed by atoms with Crippen molar-refractivity contribution in [1.29, 1.82) is 0 Å². The maximum atomic E-state index is 12.1. The highest BCUT2D eigenvalue weighted by Crippen LogP contribution is 2.23. The van der Waals surface area contributed by atoms with E-state index in [1.54, 1.807) is 0 Å². The second kappa shape index (κ2) is 5.52. The molecule has 0 saturated carbocycles. The number of nitrogens with one attached hydrogen (secondary N) is 2. The number of pyridine rings is 1. The standard InChI is InChI=1S/C15H16N2O2/c1-10(2)11-5-3-4-6-13(11)17-15(19)12-9-16-8-7-14(12)18/h3-10H,1-2H3,(H,16,18)(H,17,19). The van der Waals surface area contributed by atoms with Gasteiger partial charge in [0.2, 0.25) is 0 Å². The molecule has 4 nitrogen and oxygen atoms in total. The van der Waals surface area contributed by atoms with Gasteiger partial charge in [0.05, 0.1) is 0 Å². The van der Waals surface area contributed by atoms with Gasteiger partial charge in [-0.1, -0.05) is 32.0 Å². The highest BCUT2D eigenvalue weighted by Gasteiger charge is 2.12. The normalized spacial score (nSPS) is 10.5. The Morgan fingerprint density at radius 1 is 1.21 bits per heavy atom. The van der Waals surface area contributed by atoms with Crippen LogP contribution in [0.25, 0.3) is 0 Å². The van der Waals surface area contributed by atoms with E-state index < -0.39 is 5.91 Å². The van der Waals surface area contributed by atoms with Crippen molar-refractivity contribution >= 4 is 11.6 Å². The molecule has 0 saturated heterocycles. The molecule has 0 aliphatic carbocycles.